The topological polar surface area (TPSA) is 59.1 Å². The molecule has 5 nitrogen and oxygen atoms in total. The average Bonchev–Trinajstić information content (AvgIpc) is 2.76. The first kappa shape index (κ1) is 15.0. The zero-order chi connectivity index (χ0) is 15.5. The van der Waals surface area contributed by atoms with Crippen molar-refractivity contribution in [2.45, 2.75) is 19.4 Å². The first-order valence-electron chi connectivity index (χ1n) is 7.48. The van der Waals surface area contributed by atoms with Crippen LogP contribution in [0, 0.1) is 0 Å². The first-order valence-corrected chi connectivity index (χ1v) is 7.89. The minimum absolute atomic E-state index is 0.312. The van der Waals surface area contributed by atoms with Crippen LogP contribution in [0.1, 0.15) is 16.7 Å². The molecule has 22 heavy (non-hydrogen) atoms. The van der Waals surface area contributed by atoms with Gasteiger partial charge in [0, 0.05) is 44.1 Å². The number of hydrogen-bond acceptors (Lipinski definition) is 3. The van der Waals surface area contributed by atoms with Crippen LogP contribution in [0.4, 0.5) is 5.69 Å². The van der Waals surface area contributed by atoms with Gasteiger partial charge in [0.25, 0.3) is 0 Å². The van der Waals surface area contributed by atoms with Gasteiger partial charge < -0.3 is 11.1 Å². The molecule has 0 atom stereocenters. The molecule has 0 bridgehead atoms. The quantitative estimate of drug-likeness (QED) is 0.844. The molecule has 0 amide bonds. The van der Waals surface area contributed by atoms with E-state index in [4.69, 9.17) is 18.0 Å². The van der Waals surface area contributed by atoms with Gasteiger partial charge in [0.1, 0.15) is 0 Å². The highest BCUT2D eigenvalue weighted by Crippen LogP contribution is 2.21. The number of nitrogens with one attached hydrogen (secondary N) is 1. The minimum atomic E-state index is 0.312. The number of thiocarbonyl (C=S) groups is 1. The molecule has 1 aromatic heterocycles. The Morgan fingerprint density at radius 3 is 2.77 bits per heavy atom. The van der Waals surface area contributed by atoms with E-state index in [1.165, 1.54) is 16.7 Å². The summed E-state index contributed by atoms with van der Waals surface area (Å²) in [5.74, 6) is 0. The van der Waals surface area contributed by atoms with Crippen LogP contribution in [0.5, 0.6) is 0 Å². The lowest BCUT2D eigenvalue weighted by atomic mass is 10.0. The van der Waals surface area contributed by atoms with Gasteiger partial charge in [-0.2, -0.15) is 5.10 Å². The second kappa shape index (κ2) is 6.46. The van der Waals surface area contributed by atoms with Crippen LogP contribution in [-0.4, -0.2) is 32.9 Å². The maximum absolute atomic E-state index is 5.55. The van der Waals surface area contributed by atoms with Gasteiger partial charge in [-0.05, 0) is 48.3 Å². The van der Waals surface area contributed by atoms with Gasteiger partial charge in [0.15, 0.2) is 5.11 Å². The van der Waals surface area contributed by atoms with Crippen LogP contribution < -0.4 is 11.1 Å². The third-order valence-corrected chi connectivity index (χ3v) is 4.14. The second-order valence-electron chi connectivity index (χ2n) is 5.77. The van der Waals surface area contributed by atoms with E-state index in [0.717, 1.165) is 38.2 Å². The Morgan fingerprint density at radius 2 is 2.09 bits per heavy atom. The number of aromatic nitrogens is 2. The molecule has 3 N–H and O–H groups in total. The van der Waals surface area contributed by atoms with Crippen molar-refractivity contribution in [3.05, 3.63) is 47.3 Å². The molecule has 6 heteroatoms. The minimum Gasteiger partial charge on any atom is -0.376 e. The zero-order valence-electron chi connectivity index (χ0n) is 12.7. The summed E-state index contributed by atoms with van der Waals surface area (Å²) in [6.45, 7) is 3.09. The molecule has 1 aromatic carbocycles. The van der Waals surface area contributed by atoms with Crippen LogP contribution >= 0.6 is 12.2 Å². The van der Waals surface area contributed by atoms with E-state index in [9.17, 15) is 0 Å². The van der Waals surface area contributed by atoms with E-state index in [2.05, 4.69) is 39.7 Å². The molecule has 2 heterocycles. The van der Waals surface area contributed by atoms with Gasteiger partial charge in [-0.25, -0.2) is 0 Å². The fraction of sp³-hybridized carbons (Fsp3) is 0.375. The van der Waals surface area contributed by atoms with Crippen molar-refractivity contribution in [2.75, 3.05) is 18.4 Å². The highest BCUT2D eigenvalue weighted by molar-refractivity contribution is 7.80. The van der Waals surface area contributed by atoms with Gasteiger partial charge in [0.05, 0.1) is 6.20 Å². The predicted molar refractivity (Wildman–Crippen MR) is 92.7 cm³/mol. The molecule has 2 aromatic rings. The fourth-order valence-corrected chi connectivity index (χ4v) is 3.08. The maximum Gasteiger partial charge on any atom is 0.168 e. The number of aryl methyl sites for hydroxylation is 1. The number of benzene rings is 1. The lowest BCUT2D eigenvalue weighted by molar-refractivity contribution is 0.279. The van der Waals surface area contributed by atoms with Crippen molar-refractivity contribution in [2.24, 2.45) is 12.8 Å². The molecule has 3 rings (SSSR count). The summed E-state index contributed by atoms with van der Waals surface area (Å²) in [6, 6.07) is 6.40. The van der Waals surface area contributed by atoms with Crippen molar-refractivity contribution in [1.82, 2.24) is 14.7 Å². The number of nitrogens with zero attached hydrogens (tertiary/aromatic N) is 3. The number of fused-ring (bicyclic) bond motifs is 1. The molecule has 116 valence electrons. The van der Waals surface area contributed by atoms with Crippen LogP contribution in [0.3, 0.4) is 0 Å². The third kappa shape index (κ3) is 3.64. The van der Waals surface area contributed by atoms with Crippen LogP contribution in [0.25, 0.3) is 0 Å². The molecular formula is C16H21N5S. The normalized spacial score (nSPS) is 15.1. The zero-order valence-corrected chi connectivity index (χ0v) is 13.6. The van der Waals surface area contributed by atoms with Crippen LogP contribution in [-0.2, 0) is 26.4 Å². The van der Waals surface area contributed by atoms with E-state index in [0.29, 0.717) is 5.11 Å². The molecule has 0 spiro atoms. The Bertz CT molecular complexity index is 679. The van der Waals surface area contributed by atoms with Crippen molar-refractivity contribution in [1.29, 1.82) is 0 Å². The molecular weight excluding hydrogens is 294 g/mol. The summed E-state index contributed by atoms with van der Waals surface area (Å²) in [5.41, 5.74) is 10.6. The summed E-state index contributed by atoms with van der Waals surface area (Å²) < 4.78 is 1.86. The standard InChI is InChI=1S/C16H21N5S/c1-20-10-12(9-18-20)11-21-6-4-13-2-3-15(19-16(17)22)8-14(13)5-7-21/h2-3,8-10H,4-7,11H2,1H3,(H3,17,19,22). The van der Waals surface area contributed by atoms with Crippen molar-refractivity contribution >= 4 is 23.0 Å². The van der Waals surface area contributed by atoms with Gasteiger partial charge in [-0.1, -0.05) is 6.07 Å². The van der Waals surface area contributed by atoms with Gasteiger partial charge in [0.2, 0.25) is 0 Å². The molecule has 0 saturated carbocycles. The van der Waals surface area contributed by atoms with Gasteiger partial charge in [-0.3, -0.25) is 9.58 Å². The Balaban J connectivity index is 1.68. The molecule has 0 saturated heterocycles. The Labute approximate surface area is 136 Å². The highest BCUT2D eigenvalue weighted by atomic mass is 32.1. The molecule has 0 fully saturated rings. The molecule has 0 unspecified atom stereocenters. The lowest BCUT2D eigenvalue weighted by Gasteiger charge is -2.18. The summed E-state index contributed by atoms with van der Waals surface area (Å²) >= 11 is 4.90. The van der Waals surface area contributed by atoms with Crippen molar-refractivity contribution in [3.63, 3.8) is 0 Å². The Morgan fingerprint density at radius 1 is 1.32 bits per heavy atom. The molecule has 0 aliphatic carbocycles. The number of nitrogens with two attached hydrogens (primary N) is 1. The molecule has 0 radical (unpaired) electrons. The fourth-order valence-electron chi connectivity index (χ4n) is 2.96. The van der Waals surface area contributed by atoms with E-state index < -0.39 is 0 Å². The van der Waals surface area contributed by atoms with E-state index >= 15 is 0 Å². The summed E-state index contributed by atoms with van der Waals surface area (Å²) in [7, 11) is 1.96. The monoisotopic (exact) mass is 315 g/mol. The summed E-state index contributed by atoms with van der Waals surface area (Å²) in [4.78, 5) is 2.48. The summed E-state index contributed by atoms with van der Waals surface area (Å²) in [6.07, 6.45) is 6.15. The van der Waals surface area contributed by atoms with E-state index in [1.807, 2.05) is 17.9 Å². The largest absolute Gasteiger partial charge is 0.376 e. The average molecular weight is 315 g/mol. The third-order valence-electron chi connectivity index (χ3n) is 4.03. The number of rotatable bonds is 3. The second-order valence-corrected chi connectivity index (χ2v) is 6.21. The number of anilines is 1. The van der Waals surface area contributed by atoms with Gasteiger partial charge in [-0.15, -0.1) is 0 Å². The molecule has 1 aliphatic heterocycles. The smallest absolute Gasteiger partial charge is 0.168 e. The van der Waals surface area contributed by atoms with E-state index in [1.54, 1.807) is 0 Å². The predicted octanol–water partition coefficient (Wildman–Crippen LogP) is 1.68. The first-order chi connectivity index (χ1) is 10.6. The van der Waals surface area contributed by atoms with Gasteiger partial charge >= 0.3 is 0 Å². The SMILES string of the molecule is Cn1cc(CN2CCc3ccc(NC(N)=S)cc3CC2)cn1. The van der Waals surface area contributed by atoms with Crippen LogP contribution in [0.2, 0.25) is 0 Å². The number of hydrogen-bond donors (Lipinski definition) is 2. The molecule has 1 aliphatic rings. The Hall–Kier alpha value is -1.92. The van der Waals surface area contributed by atoms with Crippen molar-refractivity contribution < 1.29 is 0 Å². The Kier molecular flexibility index (Phi) is 4.40. The highest BCUT2D eigenvalue weighted by Gasteiger charge is 2.15. The van der Waals surface area contributed by atoms with Crippen LogP contribution in [0.15, 0.2) is 30.6 Å². The van der Waals surface area contributed by atoms with Crippen molar-refractivity contribution in [3.8, 4) is 0 Å². The maximum atomic E-state index is 5.55. The van der Waals surface area contributed by atoms with E-state index in [-0.39, 0.29) is 0 Å². The lowest BCUT2D eigenvalue weighted by Crippen LogP contribution is -2.25. The summed E-state index contributed by atoms with van der Waals surface area (Å²) in [5, 5.41) is 7.57.